The molecule has 106 valence electrons. The molecule has 1 aromatic carbocycles. The highest BCUT2D eigenvalue weighted by Gasteiger charge is 2.15. The highest BCUT2D eigenvalue weighted by molar-refractivity contribution is 9.10. The molecular weight excluding hydrogens is 318 g/mol. The molecule has 0 bridgehead atoms. The Labute approximate surface area is 127 Å². The number of hydrogen-bond donors (Lipinski definition) is 1. The Balaban J connectivity index is 1.66. The number of benzene rings is 1. The first-order valence-corrected chi connectivity index (χ1v) is 7.72. The monoisotopic (exact) mass is 335 g/mol. The number of nitrogens with one attached hydrogen (secondary N) is 1. The van der Waals surface area contributed by atoms with E-state index in [0.717, 1.165) is 42.0 Å². The van der Waals surface area contributed by atoms with Crippen molar-refractivity contribution in [2.75, 3.05) is 13.7 Å². The van der Waals surface area contributed by atoms with Crippen molar-refractivity contribution in [3.8, 4) is 5.75 Å². The summed E-state index contributed by atoms with van der Waals surface area (Å²) in [5, 5.41) is 3.31. The topological polar surface area (TPSA) is 34.4 Å². The van der Waals surface area contributed by atoms with Crippen molar-refractivity contribution in [1.29, 1.82) is 0 Å². The molecular formula is C16H18BrNO2. The van der Waals surface area contributed by atoms with Gasteiger partial charge in [-0.1, -0.05) is 12.1 Å². The first kappa shape index (κ1) is 13.7. The van der Waals surface area contributed by atoms with E-state index in [9.17, 15) is 0 Å². The molecule has 1 aliphatic heterocycles. The SMILES string of the molecule is CNC(CCc1ccc2c(c1)CCO2)c1ccc(Br)o1. The molecule has 4 heteroatoms. The van der Waals surface area contributed by atoms with Gasteiger partial charge >= 0.3 is 0 Å². The molecule has 0 fully saturated rings. The third kappa shape index (κ3) is 2.91. The average molecular weight is 336 g/mol. The lowest BCUT2D eigenvalue weighted by atomic mass is 10.0. The second-order valence-electron chi connectivity index (χ2n) is 5.06. The van der Waals surface area contributed by atoms with Gasteiger partial charge in [-0.3, -0.25) is 0 Å². The summed E-state index contributed by atoms with van der Waals surface area (Å²) in [6.45, 7) is 0.818. The summed E-state index contributed by atoms with van der Waals surface area (Å²) >= 11 is 3.35. The molecule has 3 nitrogen and oxygen atoms in total. The van der Waals surface area contributed by atoms with Crippen molar-refractivity contribution in [3.63, 3.8) is 0 Å². The van der Waals surface area contributed by atoms with Crippen LogP contribution in [0.15, 0.2) is 39.4 Å². The van der Waals surface area contributed by atoms with Crippen LogP contribution in [-0.2, 0) is 12.8 Å². The minimum absolute atomic E-state index is 0.241. The largest absolute Gasteiger partial charge is 0.493 e. The van der Waals surface area contributed by atoms with Gasteiger partial charge in [-0.15, -0.1) is 0 Å². The molecule has 2 aromatic rings. The third-order valence-electron chi connectivity index (χ3n) is 3.76. The normalized spacial score (nSPS) is 14.9. The van der Waals surface area contributed by atoms with Gasteiger partial charge < -0.3 is 14.5 Å². The Hall–Kier alpha value is -1.26. The maximum atomic E-state index is 5.63. The van der Waals surface area contributed by atoms with Crippen LogP contribution in [0.25, 0.3) is 0 Å². The van der Waals surface area contributed by atoms with Crippen LogP contribution >= 0.6 is 15.9 Å². The number of furan rings is 1. The second kappa shape index (κ2) is 6.02. The van der Waals surface area contributed by atoms with E-state index in [-0.39, 0.29) is 6.04 Å². The molecule has 0 spiro atoms. The van der Waals surface area contributed by atoms with Crippen LogP contribution < -0.4 is 10.1 Å². The smallest absolute Gasteiger partial charge is 0.169 e. The molecule has 0 saturated heterocycles. The summed E-state index contributed by atoms with van der Waals surface area (Å²) in [4.78, 5) is 0. The lowest BCUT2D eigenvalue weighted by Crippen LogP contribution is -2.16. The van der Waals surface area contributed by atoms with Crippen molar-refractivity contribution in [2.24, 2.45) is 0 Å². The molecule has 0 saturated carbocycles. The minimum Gasteiger partial charge on any atom is -0.493 e. The fourth-order valence-electron chi connectivity index (χ4n) is 2.65. The average Bonchev–Trinajstić information content (AvgIpc) is 3.08. The molecule has 1 N–H and O–H groups in total. The first-order valence-electron chi connectivity index (χ1n) is 6.93. The van der Waals surface area contributed by atoms with E-state index in [1.807, 2.05) is 19.2 Å². The molecule has 0 amide bonds. The quantitative estimate of drug-likeness (QED) is 0.900. The molecule has 20 heavy (non-hydrogen) atoms. The van der Waals surface area contributed by atoms with Crippen molar-refractivity contribution >= 4 is 15.9 Å². The zero-order chi connectivity index (χ0) is 13.9. The van der Waals surface area contributed by atoms with E-state index in [1.165, 1.54) is 11.1 Å². The van der Waals surface area contributed by atoms with Gasteiger partial charge in [0.2, 0.25) is 0 Å². The summed E-state index contributed by atoms with van der Waals surface area (Å²) in [5.41, 5.74) is 2.70. The molecule has 0 aliphatic carbocycles. The van der Waals surface area contributed by atoms with E-state index in [4.69, 9.17) is 9.15 Å². The fraction of sp³-hybridized carbons (Fsp3) is 0.375. The van der Waals surface area contributed by atoms with Crippen molar-refractivity contribution in [3.05, 3.63) is 51.9 Å². The summed E-state index contributed by atoms with van der Waals surface area (Å²) in [6.07, 6.45) is 3.07. The number of rotatable bonds is 5. The predicted octanol–water partition coefficient (Wildman–Crippen LogP) is 3.87. The Morgan fingerprint density at radius 2 is 2.20 bits per heavy atom. The van der Waals surface area contributed by atoms with Gasteiger partial charge in [-0.2, -0.15) is 0 Å². The zero-order valence-corrected chi connectivity index (χ0v) is 13.1. The predicted molar refractivity (Wildman–Crippen MR) is 82.2 cm³/mol. The third-order valence-corrected chi connectivity index (χ3v) is 4.19. The maximum Gasteiger partial charge on any atom is 0.169 e. The van der Waals surface area contributed by atoms with Gasteiger partial charge in [0.15, 0.2) is 4.67 Å². The number of fused-ring (bicyclic) bond motifs is 1. The maximum absolute atomic E-state index is 5.63. The van der Waals surface area contributed by atoms with Crippen LogP contribution in [0, 0.1) is 0 Å². The van der Waals surface area contributed by atoms with Gasteiger partial charge in [0.1, 0.15) is 11.5 Å². The van der Waals surface area contributed by atoms with Crippen LogP contribution in [0.2, 0.25) is 0 Å². The lowest BCUT2D eigenvalue weighted by molar-refractivity contribution is 0.357. The summed E-state index contributed by atoms with van der Waals surface area (Å²) in [6, 6.07) is 10.7. The van der Waals surface area contributed by atoms with Gasteiger partial charge in [-0.05, 0) is 65.1 Å². The molecule has 3 rings (SSSR count). The first-order chi connectivity index (χ1) is 9.76. The number of hydrogen-bond acceptors (Lipinski definition) is 3. The van der Waals surface area contributed by atoms with E-state index in [2.05, 4.69) is 39.4 Å². The summed E-state index contributed by atoms with van der Waals surface area (Å²) in [7, 11) is 1.97. The standard InChI is InChI=1S/C16H18BrNO2/c1-18-13(15-6-7-16(17)20-15)4-2-11-3-5-14-12(10-11)8-9-19-14/h3,5-7,10,13,18H,2,4,8-9H2,1H3. The zero-order valence-electron chi connectivity index (χ0n) is 11.5. The Morgan fingerprint density at radius 3 is 2.95 bits per heavy atom. The van der Waals surface area contributed by atoms with Crippen molar-refractivity contribution in [1.82, 2.24) is 5.32 Å². The Bertz CT molecular complexity index is 594. The second-order valence-corrected chi connectivity index (χ2v) is 5.84. The van der Waals surface area contributed by atoms with Gasteiger partial charge in [0.25, 0.3) is 0 Å². The number of ether oxygens (including phenoxy) is 1. The van der Waals surface area contributed by atoms with Gasteiger partial charge in [0, 0.05) is 6.42 Å². The van der Waals surface area contributed by atoms with Crippen LogP contribution in [0.5, 0.6) is 5.75 Å². The van der Waals surface area contributed by atoms with Crippen LogP contribution in [0.1, 0.15) is 29.3 Å². The van der Waals surface area contributed by atoms with Crippen LogP contribution in [0.3, 0.4) is 0 Å². The van der Waals surface area contributed by atoms with E-state index >= 15 is 0 Å². The van der Waals surface area contributed by atoms with Crippen molar-refractivity contribution in [2.45, 2.75) is 25.3 Å². The molecule has 2 heterocycles. The molecule has 1 aliphatic rings. The molecule has 1 unspecified atom stereocenters. The minimum atomic E-state index is 0.241. The fourth-order valence-corrected chi connectivity index (χ4v) is 2.97. The highest BCUT2D eigenvalue weighted by atomic mass is 79.9. The Kier molecular flexibility index (Phi) is 4.13. The van der Waals surface area contributed by atoms with Gasteiger partial charge in [-0.25, -0.2) is 0 Å². The van der Waals surface area contributed by atoms with E-state index in [0.29, 0.717) is 0 Å². The van der Waals surface area contributed by atoms with E-state index < -0.39 is 0 Å². The van der Waals surface area contributed by atoms with Crippen molar-refractivity contribution < 1.29 is 9.15 Å². The molecule has 0 radical (unpaired) electrons. The van der Waals surface area contributed by atoms with Crippen LogP contribution in [0.4, 0.5) is 0 Å². The summed E-state index contributed by atoms with van der Waals surface area (Å²) < 4.78 is 12.0. The molecule has 1 aromatic heterocycles. The number of aryl methyl sites for hydroxylation is 1. The Morgan fingerprint density at radius 1 is 1.30 bits per heavy atom. The van der Waals surface area contributed by atoms with Gasteiger partial charge in [0.05, 0.1) is 12.6 Å². The lowest BCUT2D eigenvalue weighted by Gasteiger charge is -2.13. The van der Waals surface area contributed by atoms with Crippen LogP contribution in [-0.4, -0.2) is 13.7 Å². The summed E-state index contributed by atoms with van der Waals surface area (Å²) in [5.74, 6) is 2.03. The number of halogens is 1. The highest BCUT2D eigenvalue weighted by Crippen LogP contribution is 2.28. The molecule has 1 atom stereocenters. The van der Waals surface area contributed by atoms with E-state index in [1.54, 1.807) is 0 Å².